The van der Waals surface area contributed by atoms with Crippen molar-refractivity contribution in [3.8, 4) is 11.5 Å². The summed E-state index contributed by atoms with van der Waals surface area (Å²) in [6.45, 7) is 3.13. The zero-order valence-electron chi connectivity index (χ0n) is 9.90. The highest BCUT2D eigenvalue weighted by Crippen LogP contribution is 2.30. The predicted octanol–water partition coefficient (Wildman–Crippen LogP) is 1.44. The fourth-order valence-electron chi connectivity index (χ4n) is 1.54. The van der Waals surface area contributed by atoms with E-state index in [0.717, 1.165) is 17.7 Å². The summed E-state index contributed by atoms with van der Waals surface area (Å²) in [7, 11) is 1.62. The lowest BCUT2D eigenvalue weighted by Crippen LogP contribution is -2.15. The van der Waals surface area contributed by atoms with Crippen LogP contribution in [0.4, 0.5) is 0 Å². The molecule has 16 heavy (non-hydrogen) atoms. The molecule has 0 heterocycles. The van der Waals surface area contributed by atoms with Crippen LogP contribution in [0.3, 0.4) is 0 Å². The van der Waals surface area contributed by atoms with Crippen LogP contribution in [0.25, 0.3) is 0 Å². The quantitative estimate of drug-likeness (QED) is 0.767. The van der Waals surface area contributed by atoms with Crippen molar-refractivity contribution in [3.05, 3.63) is 23.8 Å². The van der Waals surface area contributed by atoms with Crippen molar-refractivity contribution >= 4 is 0 Å². The van der Waals surface area contributed by atoms with Crippen molar-refractivity contribution in [3.63, 3.8) is 0 Å². The van der Waals surface area contributed by atoms with Gasteiger partial charge in [0.25, 0.3) is 0 Å². The number of ether oxygens (including phenoxy) is 2. The first-order valence-corrected chi connectivity index (χ1v) is 5.49. The summed E-state index contributed by atoms with van der Waals surface area (Å²) in [6, 6.07) is 5.70. The SMILES string of the molecule is CCOc1ccc([C@H](N)CCN)cc1OC. The van der Waals surface area contributed by atoms with Crippen LogP contribution in [0.5, 0.6) is 11.5 Å². The highest BCUT2D eigenvalue weighted by Gasteiger charge is 2.09. The lowest BCUT2D eigenvalue weighted by Gasteiger charge is -2.14. The van der Waals surface area contributed by atoms with Gasteiger partial charge in [-0.15, -0.1) is 0 Å². The summed E-state index contributed by atoms with van der Waals surface area (Å²) in [5, 5.41) is 0. The molecule has 4 N–H and O–H groups in total. The van der Waals surface area contributed by atoms with Crippen LogP contribution in [0.1, 0.15) is 24.9 Å². The predicted molar refractivity (Wildman–Crippen MR) is 64.8 cm³/mol. The van der Waals surface area contributed by atoms with Gasteiger partial charge in [-0.3, -0.25) is 0 Å². The summed E-state index contributed by atoms with van der Waals surface area (Å²) >= 11 is 0. The smallest absolute Gasteiger partial charge is 0.161 e. The maximum atomic E-state index is 5.98. The lowest BCUT2D eigenvalue weighted by atomic mass is 10.0. The van der Waals surface area contributed by atoms with Gasteiger partial charge in [-0.2, -0.15) is 0 Å². The molecule has 1 aromatic rings. The van der Waals surface area contributed by atoms with Crippen molar-refractivity contribution in [2.24, 2.45) is 11.5 Å². The van der Waals surface area contributed by atoms with E-state index in [0.29, 0.717) is 18.9 Å². The lowest BCUT2D eigenvalue weighted by molar-refractivity contribution is 0.310. The molecule has 4 heteroatoms. The molecule has 0 aliphatic rings. The molecule has 0 aromatic heterocycles. The van der Waals surface area contributed by atoms with Crippen LogP contribution in [0.2, 0.25) is 0 Å². The largest absolute Gasteiger partial charge is 0.493 e. The second-order valence-electron chi connectivity index (χ2n) is 3.53. The van der Waals surface area contributed by atoms with Gasteiger partial charge in [-0.1, -0.05) is 6.07 Å². The normalized spacial score (nSPS) is 12.2. The molecule has 0 bridgehead atoms. The van der Waals surface area contributed by atoms with Gasteiger partial charge in [0.1, 0.15) is 0 Å². The summed E-state index contributed by atoms with van der Waals surface area (Å²) in [4.78, 5) is 0. The molecule has 90 valence electrons. The van der Waals surface area contributed by atoms with Gasteiger partial charge in [-0.25, -0.2) is 0 Å². The number of hydrogen-bond acceptors (Lipinski definition) is 4. The van der Waals surface area contributed by atoms with E-state index in [1.807, 2.05) is 25.1 Å². The maximum absolute atomic E-state index is 5.98. The average molecular weight is 224 g/mol. The first kappa shape index (κ1) is 12.8. The second-order valence-corrected chi connectivity index (χ2v) is 3.53. The Morgan fingerprint density at radius 1 is 1.31 bits per heavy atom. The molecule has 0 aliphatic heterocycles. The van der Waals surface area contributed by atoms with E-state index in [1.54, 1.807) is 7.11 Å². The number of benzene rings is 1. The van der Waals surface area contributed by atoms with Crippen molar-refractivity contribution in [2.75, 3.05) is 20.3 Å². The van der Waals surface area contributed by atoms with Gasteiger partial charge in [0.15, 0.2) is 11.5 Å². The second kappa shape index (κ2) is 6.35. The van der Waals surface area contributed by atoms with E-state index in [4.69, 9.17) is 20.9 Å². The molecule has 4 nitrogen and oxygen atoms in total. The maximum Gasteiger partial charge on any atom is 0.161 e. The molecule has 1 aromatic carbocycles. The summed E-state index contributed by atoms with van der Waals surface area (Å²) in [6.07, 6.45) is 0.761. The Balaban J connectivity index is 2.89. The van der Waals surface area contributed by atoms with Gasteiger partial charge >= 0.3 is 0 Å². The Hall–Kier alpha value is -1.26. The molecular weight excluding hydrogens is 204 g/mol. The third-order valence-corrected chi connectivity index (χ3v) is 2.39. The Morgan fingerprint density at radius 2 is 2.06 bits per heavy atom. The summed E-state index contributed by atoms with van der Waals surface area (Å²) < 4.78 is 10.7. The van der Waals surface area contributed by atoms with Gasteiger partial charge in [0, 0.05) is 6.04 Å². The Morgan fingerprint density at radius 3 is 2.62 bits per heavy atom. The molecule has 0 spiro atoms. The van der Waals surface area contributed by atoms with Crippen molar-refractivity contribution in [2.45, 2.75) is 19.4 Å². The first-order chi connectivity index (χ1) is 7.72. The minimum atomic E-state index is -0.0467. The monoisotopic (exact) mass is 224 g/mol. The van der Waals surface area contributed by atoms with Crippen LogP contribution >= 0.6 is 0 Å². The Bertz CT molecular complexity index is 329. The zero-order chi connectivity index (χ0) is 12.0. The van der Waals surface area contributed by atoms with Gasteiger partial charge in [0.2, 0.25) is 0 Å². The average Bonchev–Trinajstić information content (AvgIpc) is 2.30. The Labute approximate surface area is 96.5 Å². The summed E-state index contributed by atoms with van der Waals surface area (Å²) in [5.41, 5.74) is 12.5. The fraction of sp³-hybridized carbons (Fsp3) is 0.500. The molecule has 0 amide bonds. The first-order valence-electron chi connectivity index (χ1n) is 5.49. The minimum absolute atomic E-state index is 0.0467. The molecule has 1 atom stereocenters. The number of hydrogen-bond donors (Lipinski definition) is 2. The highest BCUT2D eigenvalue weighted by atomic mass is 16.5. The van der Waals surface area contributed by atoms with Crippen molar-refractivity contribution < 1.29 is 9.47 Å². The molecule has 0 unspecified atom stereocenters. The number of nitrogens with two attached hydrogens (primary N) is 2. The van der Waals surface area contributed by atoms with E-state index in [2.05, 4.69) is 0 Å². The topological polar surface area (TPSA) is 70.5 Å². The molecule has 0 saturated carbocycles. The van der Waals surface area contributed by atoms with Gasteiger partial charge in [0.05, 0.1) is 13.7 Å². The van der Waals surface area contributed by atoms with Gasteiger partial charge in [-0.05, 0) is 37.6 Å². The van der Waals surface area contributed by atoms with Crippen LogP contribution in [-0.2, 0) is 0 Å². The standard InChI is InChI=1S/C12H20N2O2/c1-3-16-11-5-4-9(8-12(11)15-2)10(14)6-7-13/h4-5,8,10H,3,6-7,13-14H2,1-2H3/t10-/m1/s1. The molecule has 0 radical (unpaired) electrons. The van der Waals surface area contributed by atoms with Crippen LogP contribution < -0.4 is 20.9 Å². The number of methoxy groups -OCH3 is 1. The molecule has 0 aliphatic carbocycles. The van der Waals surface area contributed by atoms with Gasteiger partial charge < -0.3 is 20.9 Å². The third-order valence-electron chi connectivity index (χ3n) is 2.39. The number of rotatable bonds is 6. The van der Waals surface area contributed by atoms with Crippen LogP contribution in [0, 0.1) is 0 Å². The molecule has 1 rings (SSSR count). The van der Waals surface area contributed by atoms with E-state index in [1.165, 1.54) is 0 Å². The van der Waals surface area contributed by atoms with E-state index in [9.17, 15) is 0 Å². The van der Waals surface area contributed by atoms with E-state index >= 15 is 0 Å². The van der Waals surface area contributed by atoms with Crippen LogP contribution in [0.15, 0.2) is 18.2 Å². The zero-order valence-corrected chi connectivity index (χ0v) is 9.90. The third kappa shape index (κ3) is 3.12. The van der Waals surface area contributed by atoms with Crippen molar-refractivity contribution in [1.82, 2.24) is 0 Å². The van der Waals surface area contributed by atoms with Crippen molar-refractivity contribution in [1.29, 1.82) is 0 Å². The summed E-state index contributed by atoms with van der Waals surface area (Å²) in [5.74, 6) is 1.46. The van der Waals surface area contributed by atoms with E-state index in [-0.39, 0.29) is 6.04 Å². The molecule has 0 saturated heterocycles. The Kier molecular flexibility index (Phi) is 5.08. The molecule has 0 fully saturated rings. The minimum Gasteiger partial charge on any atom is -0.493 e. The highest BCUT2D eigenvalue weighted by molar-refractivity contribution is 5.43. The fourth-order valence-corrected chi connectivity index (χ4v) is 1.54. The van der Waals surface area contributed by atoms with Crippen LogP contribution in [-0.4, -0.2) is 20.3 Å². The van der Waals surface area contributed by atoms with E-state index < -0.39 is 0 Å². The molecular formula is C12H20N2O2.